The summed E-state index contributed by atoms with van der Waals surface area (Å²) in [5, 5.41) is 3.18. The number of carbonyl (C=O) groups is 1. The molecule has 24 heavy (non-hydrogen) atoms. The minimum Gasteiger partial charge on any atom is -0.350 e. The molecule has 1 unspecified atom stereocenters. The van der Waals surface area contributed by atoms with Crippen molar-refractivity contribution in [3.05, 3.63) is 70.8 Å². The van der Waals surface area contributed by atoms with E-state index in [1.807, 2.05) is 0 Å². The maximum absolute atomic E-state index is 13.0. The fraction of sp³-hybridized carbons (Fsp3) is 0.381. The maximum atomic E-state index is 13.0. The van der Waals surface area contributed by atoms with E-state index in [0.717, 1.165) is 32.4 Å². The third-order valence-corrected chi connectivity index (χ3v) is 5.71. The molecule has 1 N–H and O–H groups in total. The Morgan fingerprint density at radius 2 is 1.83 bits per heavy atom. The van der Waals surface area contributed by atoms with Gasteiger partial charge in [-0.15, -0.1) is 0 Å². The molecule has 3 heteroatoms. The summed E-state index contributed by atoms with van der Waals surface area (Å²) in [5.41, 5.74) is 4.80. The molecule has 124 valence electrons. The average Bonchev–Trinajstić information content (AvgIpc) is 2.92. The van der Waals surface area contributed by atoms with Gasteiger partial charge in [-0.05, 0) is 48.6 Å². The highest BCUT2D eigenvalue weighted by Gasteiger charge is 2.48. The Bertz CT molecular complexity index is 770. The maximum Gasteiger partial charge on any atom is 0.241 e. The lowest BCUT2D eigenvalue weighted by Crippen LogP contribution is -2.55. The fourth-order valence-corrected chi connectivity index (χ4v) is 4.25. The molecule has 0 aliphatic carbocycles. The molecule has 2 aromatic rings. The van der Waals surface area contributed by atoms with Crippen molar-refractivity contribution in [1.29, 1.82) is 0 Å². The second-order valence-corrected chi connectivity index (χ2v) is 7.11. The Morgan fingerprint density at radius 1 is 1.08 bits per heavy atom. The predicted octanol–water partition coefficient (Wildman–Crippen LogP) is 3.20. The first-order valence-corrected chi connectivity index (χ1v) is 8.84. The van der Waals surface area contributed by atoms with Crippen LogP contribution in [0, 0.1) is 6.92 Å². The Balaban J connectivity index is 1.69. The van der Waals surface area contributed by atoms with Gasteiger partial charge in [0, 0.05) is 19.5 Å². The van der Waals surface area contributed by atoms with Gasteiger partial charge in [-0.3, -0.25) is 9.69 Å². The summed E-state index contributed by atoms with van der Waals surface area (Å²) < 4.78 is 0. The number of hydrogen-bond donors (Lipinski definition) is 1. The van der Waals surface area contributed by atoms with Crippen molar-refractivity contribution >= 4 is 5.91 Å². The normalized spacial score (nSPS) is 23.8. The highest BCUT2D eigenvalue weighted by molar-refractivity contribution is 5.87. The monoisotopic (exact) mass is 320 g/mol. The largest absolute Gasteiger partial charge is 0.350 e. The van der Waals surface area contributed by atoms with E-state index in [9.17, 15) is 4.79 Å². The number of carbonyl (C=O) groups excluding carboxylic acids is 1. The van der Waals surface area contributed by atoms with Crippen LogP contribution in [-0.4, -0.2) is 22.9 Å². The second-order valence-electron chi connectivity index (χ2n) is 7.11. The van der Waals surface area contributed by atoms with E-state index < -0.39 is 5.54 Å². The number of likely N-dealkylation sites (tertiary alicyclic amines) is 1. The van der Waals surface area contributed by atoms with E-state index in [1.54, 1.807) is 0 Å². The van der Waals surface area contributed by atoms with E-state index in [2.05, 4.69) is 65.7 Å². The molecule has 1 fully saturated rings. The summed E-state index contributed by atoms with van der Waals surface area (Å²) in [6.45, 7) is 4.64. The minimum absolute atomic E-state index is 0.199. The van der Waals surface area contributed by atoms with Gasteiger partial charge in [-0.25, -0.2) is 0 Å². The van der Waals surface area contributed by atoms with E-state index in [-0.39, 0.29) is 5.91 Å². The van der Waals surface area contributed by atoms with Crippen molar-refractivity contribution in [3.8, 4) is 0 Å². The molecule has 1 amide bonds. The summed E-state index contributed by atoms with van der Waals surface area (Å²) in [7, 11) is 0. The van der Waals surface area contributed by atoms with E-state index in [4.69, 9.17) is 0 Å². The van der Waals surface area contributed by atoms with Crippen LogP contribution in [0.15, 0.2) is 48.5 Å². The third kappa shape index (κ3) is 2.53. The molecule has 2 aromatic carbocycles. The number of amides is 1. The number of fused-ring (bicyclic) bond motifs is 1. The summed E-state index contributed by atoms with van der Waals surface area (Å²) in [4.78, 5) is 15.4. The van der Waals surface area contributed by atoms with Crippen molar-refractivity contribution in [2.45, 2.75) is 44.8 Å². The highest BCUT2D eigenvalue weighted by Crippen LogP contribution is 2.37. The summed E-state index contributed by atoms with van der Waals surface area (Å²) in [6, 6.07) is 17.0. The molecule has 1 spiro atoms. The van der Waals surface area contributed by atoms with Crippen LogP contribution in [0.2, 0.25) is 0 Å². The number of benzene rings is 2. The van der Waals surface area contributed by atoms with Gasteiger partial charge in [-0.2, -0.15) is 0 Å². The van der Waals surface area contributed by atoms with Gasteiger partial charge in [0.05, 0.1) is 0 Å². The van der Waals surface area contributed by atoms with Gasteiger partial charge in [0.1, 0.15) is 5.54 Å². The lowest BCUT2D eigenvalue weighted by atomic mass is 9.86. The third-order valence-electron chi connectivity index (χ3n) is 5.71. The molecule has 2 aliphatic heterocycles. The smallest absolute Gasteiger partial charge is 0.241 e. The van der Waals surface area contributed by atoms with Crippen molar-refractivity contribution < 1.29 is 4.79 Å². The molecule has 0 radical (unpaired) electrons. The van der Waals surface area contributed by atoms with Crippen LogP contribution in [0.4, 0.5) is 0 Å². The second kappa shape index (κ2) is 6.06. The zero-order valence-corrected chi connectivity index (χ0v) is 14.2. The molecule has 4 rings (SSSR count). The first-order chi connectivity index (χ1) is 11.7. The standard InChI is InChI=1S/C21H24N2O/c1-16-7-2-3-10-19(16)15-23-12-6-11-21(23)13-17-8-4-5-9-18(17)14-22-20(21)24/h2-5,7-10H,6,11-15H2,1H3,(H,22,24). The zero-order valence-electron chi connectivity index (χ0n) is 14.2. The summed E-state index contributed by atoms with van der Waals surface area (Å²) >= 11 is 0. The Morgan fingerprint density at radius 3 is 2.67 bits per heavy atom. The van der Waals surface area contributed by atoms with Crippen molar-refractivity contribution in [2.75, 3.05) is 6.54 Å². The number of nitrogens with zero attached hydrogens (tertiary/aromatic N) is 1. The molecule has 0 saturated carbocycles. The van der Waals surface area contributed by atoms with Gasteiger partial charge >= 0.3 is 0 Å². The number of nitrogens with one attached hydrogen (secondary N) is 1. The zero-order chi connectivity index (χ0) is 16.6. The van der Waals surface area contributed by atoms with Gasteiger partial charge in [0.2, 0.25) is 5.91 Å². The molecular weight excluding hydrogens is 296 g/mol. The molecule has 2 heterocycles. The van der Waals surface area contributed by atoms with Crippen LogP contribution in [0.5, 0.6) is 0 Å². The minimum atomic E-state index is -0.394. The summed E-state index contributed by atoms with van der Waals surface area (Å²) in [6.07, 6.45) is 2.85. The molecule has 1 saturated heterocycles. The molecular formula is C21H24N2O. The van der Waals surface area contributed by atoms with Gasteiger partial charge in [0.25, 0.3) is 0 Å². The van der Waals surface area contributed by atoms with Gasteiger partial charge < -0.3 is 5.32 Å². The SMILES string of the molecule is Cc1ccccc1CN1CCCC12Cc1ccccc1CNC2=O. The van der Waals surface area contributed by atoms with Crippen molar-refractivity contribution in [3.63, 3.8) is 0 Å². The number of rotatable bonds is 2. The lowest BCUT2D eigenvalue weighted by Gasteiger charge is -2.36. The first-order valence-electron chi connectivity index (χ1n) is 8.84. The van der Waals surface area contributed by atoms with Gasteiger partial charge in [-0.1, -0.05) is 48.5 Å². The topological polar surface area (TPSA) is 32.3 Å². The molecule has 0 aromatic heterocycles. The average molecular weight is 320 g/mol. The van der Waals surface area contributed by atoms with Crippen LogP contribution >= 0.6 is 0 Å². The van der Waals surface area contributed by atoms with Crippen LogP contribution in [0.25, 0.3) is 0 Å². The predicted molar refractivity (Wildman–Crippen MR) is 95.5 cm³/mol. The van der Waals surface area contributed by atoms with Crippen LogP contribution in [-0.2, 0) is 24.3 Å². The molecule has 2 aliphatic rings. The fourth-order valence-electron chi connectivity index (χ4n) is 4.25. The molecule has 1 atom stereocenters. The Labute approximate surface area is 143 Å². The number of hydrogen-bond acceptors (Lipinski definition) is 2. The van der Waals surface area contributed by atoms with Crippen LogP contribution in [0.3, 0.4) is 0 Å². The van der Waals surface area contributed by atoms with E-state index in [0.29, 0.717) is 6.54 Å². The van der Waals surface area contributed by atoms with Crippen molar-refractivity contribution in [2.24, 2.45) is 0 Å². The van der Waals surface area contributed by atoms with Crippen LogP contribution < -0.4 is 5.32 Å². The van der Waals surface area contributed by atoms with Crippen molar-refractivity contribution in [1.82, 2.24) is 10.2 Å². The quantitative estimate of drug-likeness (QED) is 0.921. The Hall–Kier alpha value is -2.13. The summed E-state index contributed by atoms with van der Waals surface area (Å²) in [5.74, 6) is 0.199. The highest BCUT2D eigenvalue weighted by atomic mass is 16.2. The molecule has 3 nitrogen and oxygen atoms in total. The first kappa shape index (κ1) is 15.4. The van der Waals surface area contributed by atoms with E-state index in [1.165, 1.54) is 22.3 Å². The lowest BCUT2D eigenvalue weighted by molar-refractivity contribution is -0.132. The Kier molecular flexibility index (Phi) is 3.89. The molecule has 0 bridgehead atoms. The van der Waals surface area contributed by atoms with Gasteiger partial charge in [0.15, 0.2) is 0 Å². The number of aryl methyl sites for hydroxylation is 1. The van der Waals surface area contributed by atoms with Crippen LogP contribution in [0.1, 0.15) is 35.1 Å². The van der Waals surface area contributed by atoms with E-state index >= 15 is 0 Å².